The van der Waals surface area contributed by atoms with Crippen LogP contribution in [0.15, 0.2) is 53.3 Å². The molecule has 0 saturated carbocycles. The van der Waals surface area contributed by atoms with Gasteiger partial charge >= 0.3 is 0 Å². The van der Waals surface area contributed by atoms with Crippen LogP contribution in [0.1, 0.15) is 16.6 Å². The number of benzene rings is 1. The van der Waals surface area contributed by atoms with Crippen LogP contribution in [0.25, 0.3) is 10.1 Å². The molecule has 2 rings (SSSR count). The van der Waals surface area contributed by atoms with Crippen molar-refractivity contribution >= 4 is 45.6 Å². The molecule has 5 heteroatoms. The highest BCUT2D eigenvalue weighted by atomic mass is 35.5. The van der Waals surface area contributed by atoms with Gasteiger partial charge in [-0.2, -0.15) is 0 Å². The number of hydrogen-bond acceptors (Lipinski definition) is 3. The van der Waals surface area contributed by atoms with Gasteiger partial charge in [-0.1, -0.05) is 35.9 Å². The molecule has 0 atom stereocenters. The predicted octanol–water partition coefficient (Wildman–Crippen LogP) is 4.40. The van der Waals surface area contributed by atoms with Crippen molar-refractivity contribution in [1.29, 1.82) is 0 Å². The zero-order chi connectivity index (χ0) is 14.5. The second-order valence-electron chi connectivity index (χ2n) is 3.94. The van der Waals surface area contributed by atoms with Crippen molar-refractivity contribution in [1.82, 2.24) is 5.32 Å². The summed E-state index contributed by atoms with van der Waals surface area (Å²) in [6.07, 6.45) is 4.97. The van der Waals surface area contributed by atoms with Crippen molar-refractivity contribution < 1.29 is 4.79 Å². The number of fused-ring (bicyclic) bond motifs is 1. The summed E-state index contributed by atoms with van der Waals surface area (Å²) in [4.78, 5) is 16.4. The summed E-state index contributed by atoms with van der Waals surface area (Å²) in [6.45, 7) is 5.18. The Morgan fingerprint density at radius 3 is 2.85 bits per heavy atom. The quantitative estimate of drug-likeness (QED) is 0.660. The second kappa shape index (κ2) is 6.50. The average molecular weight is 305 g/mol. The fourth-order valence-electron chi connectivity index (χ4n) is 1.69. The molecular formula is C15H13ClN2OS. The number of carbonyl (C=O) groups excluding carboxylic acids is 1. The number of thiophene rings is 1. The van der Waals surface area contributed by atoms with Crippen LogP contribution in [0.2, 0.25) is 5.02 Å². The van der Waals surface area contributed by atoms with E-state index in [-0.39, 0.29) is 5.91 Å². The monoisotopic (exact) mass is 304 g/mol. The lowest BCUT2D eigenvalue weighted by Gasteiger charge is -2.03. The molecule has 0 saturated heterocycles. The second-order valence-corrected chi connectivity index (χ2v) is 5.37. The highest BCUT2D eigenvalue weighted by Crippen LogP contribution is 2.35. The molecule has 1 N–H and O–H groups in total. The molecule has 0 bridgehead atoms. The number of amides is 1. The summed E-state index contributed by atoms with van der Waals surface area (Å²) in [5, 5.41) is 4.18. The zero-order valence-electron chi connectivity index (χ0n) is 10.9. The van der Waals surface area contributed by atoms with Crippen LogP contribution in [-0.2, 0) is 0 Å². The topological polar surface area (TPSA) is 41.5 Å². The summed E-state index contributed by atoms with van der Waals surface area (Å²) < 4.78 is 0.993. The first-order valence-electron chi connectivity index (χ1n) is 5.94. The molecule has 1 heterocycles. The average Bonchev–Trinajstić information content (AvgIpc) is 2.81. The first-order chi connectivity index (χ1) is 9.67. The van der Waals surface area contributed by atoms with Gasteiger partial charge in [0.15, 0.2) is 0 Å². The van der Waals surface area contributed by atoms with E-state index in [0.29, 0.717) is 15.6 Å². The van der Waals surface area contributed by atoms with Gasteiger partial charge in [0.25, 0.3) is 5.91 Å². The molecule has 102 valence electrons. The minimum absolute atomic E-state index is 0.224. The molecule has 0 fully saturated rings. The van der Waals surface area contributed by atoms with Crippen LogP contribution in [-0.4, -0.2) is 12.6 Å². The smallest absolute Gasteiger partial charge is 0.267 e. The Morgan fingerprint density at radius 2 is 2.20 bits per heavy atom. The van der Waals surface area contributed by atoms with Gasteiger partial charge in [-0.25, -0.2) is 0 Å². The molecule has 0 unspecified atom stereocenters. The maximum absolute atomic E-state index is 12.3. The first-order valence-corrected chi connectivity index (χ1v) is 7.14. The summed E-state index contributed by atoms with van der Waals surface area (Å²) in [5.41, 5.74) is 0.649. The third-order valence-electron chi connectivity index (χ3n) is 2.67. The van der Waals surface area contributed by atoms with Gasteiger partial charge in [-0.3, -0.25) is 9.79 Å². The van der Waals surface area contributed by atoms with E-state index in [0.717, 1.165) is 10.1 Å². The van der Waals surface area contributed by atoms with Crippen LogP contribution in [0.3, 0.4) is 0 Å². The minimum atomic E-state index is -0.224. The standard InChI is InChI=1S/C15H13ClN2OS/c1-3-10(8-9-17-2)18-15(19)14-13(16)11-6-4-5-7-12(11)20-14/h3-9H,2H2,1H3,(H,18,19)/b9-8-,10-3+. The van der Waals surface area contributed by atoms with Crippen LogP contribution in [0.5, 0.6) is 0 Å². The maximum atomic E-state index is 12.3. The SMILES string of the molecule is C=N/C=C\C(=C/C)NC(=O)c1sc2ccccc2c1Cl. The van der Waals surface area contributed by atoms with Gasteiger partial charge in [0.1, 0.15) is 4.88 Å². The maximum Gasteiger partial charge on any atom is 0.267 e. The van der Waals surface area contributed by atoms with E-state index in [2.05, 4.69) is 17.0 Å². The normalized spacial score (nSPS) is 12.0. The van der Waals surface area contributed by atoms with E-state index < -0.39 is 0 Å². The van der Waals surface area contributed by atoms with Crippen molar-refractivity contribution in [3.8, 4) is 0 Å². The molecule has 0 aliphatic heterocycles. The zero-order valence-corrected chi connectivity index (χ0v) is 12.5. The lowest BCUT2D eigenvalue weighted by Crippen LogP contribution is -2.21. The van der Waals surface area contributed by atoms with Crippen molar-refractivity contribution in [2.24, 2.45) is 4.99 Å². The highest BCUT2D eigenvalue weighted by Gasteiger charge is 2.16. The number of aliphatic imine (C=N–C) groups is 1. The molecule has 1 aromatic heterocycles. The van der Waals surface area contributed by atoms with Crippen molar-refractivity contribution in [2.45, 2.75) is 6.92 Å². The Balaban J connectivity index is 2.30. The van der Waals surface area contributed by atoms with Crippen molar-refractivity contribution in [2.75, 3.05) is 0 Å². The van der Waals surface area contributed by atoms with Crippen LogP contribution < -0.4 is 5.32 Å². The van der Waals surface area contributed by atoms with E-state index in [4.69, 9.17) is 11.6 Å². The fraction of sp³-hybridized carbons (Fsp3) is 0.0667. The van der Waals surface area contributed by atoms with Gasteiger partial charge < -0.3 is 5.32 Å². The van der Waals surface area contributed by atoms with Crippen molar-refractivity contribution in [3.05, 3.63) is 58.2 Å². The summed E-state index contributed by atoms with van der Waals surface area (Å²) >= 11 is 7.64. The molecule has 20 heavy (non-hydrogen) atoms. The minimum Gasteiger partial charge on any atom is -0.322 e. The number of nitrogens with zero attached hydrogens (tertiary/aromatic N) is 1. The van der Waals surface area contributed by atoms with E-state index in [9.17, 15) is 4.79 Å². The Labute approximate surface area is 126 Å². The number of hydrogen-bond donors (Lipinski definition) is 1. The Bertz CT molecular complexity index is 716. The molecule has 1 amide bonds. The summed E-state index contributed by atoms with van der Waals surface area (Å²) in [5.74, 6) is -0.224. The van der Waals surface area contributed by atoms with Crippen LogP contribution >= 0.6 is 22.9 Å². The third-order valence-corrected chi connectivity index (χ3v) is 4.34. The van der Waals surface area contributed by atoms with E-state index >= 15 is 0 Å². The van der Waals surface area contributed by atoms with Gasteiger partial charge in [-0.15, -0.1) is 11.3 Å². The van der Waals surface area contributed by atoms with Gasteiger partial charge in [0.2, 0.25) is 0 Å². The lowest BCUT2D eigenvalue weighted by molar-refractivity contribution is 0.0971. The van der Waals surface area contributed by atoms with Crippen LogP contribution in [0.4, 0.5) is 0 Å². The van der Waals surface area contributed by atoms with Gasteiger partial charge in [-0.05, 0) is 25.8 Å². The fourth-order valence-corrected chi connectivity index (χ4v) is 3.10. The highest BCUT2D eigenvalue weighted by molar-refractivity contribution is 7.21. The number of rotatable bonds is 4. The van der Waals surface area contributed by atoms with Gasteiger partial charge in [0.05, 0.1) is 5.02 Å². The van der Waals surface area contributed by atoms with Crippen molar-refractivity contribution in [3.63, 3.8) is 0 Å². The predicted molar refractivity (Wildman–Crippen MR) is 86.7 cm³/mol. The van der Waals surface area contributed by atoms with E-state index in [1.54, 1.807) is 12.2 Å². The lowest BCUT2D eigenvalue weighted by atomic mass is 10.2. The number of nitrogens with one attached hydrogen (secondary N) is 1. The number of carbonyl (C=O) groups is 1. The number of allylic oxidation sites excluding steroid dienone is 2. The molecule has 0 aliphatic carbocycles. The number of halogens is 1. The van der Waals surface area contributed by atoms with E-state index in [1.807, 2.05) is 31.2 Å². The van der Waals surface area contributed by atoms with Gasteiger partial charge in [0, 0.05) is 22.0 Å². The molecule has 3 nitrogen and oxygen atoms in total. The molecule has 2 aromatic rings. The largest absolute Gasteiger partial charge is 0.322 e. The molecule has 0 spiro atoms. The molecule has 0 aliphatic rings. The Hall–Kier alpha value is -1.91. The third kappa shape index (κ3) is 2.98. The Morgan fingerprint density at radius 1 is 1.45 bits per heavy atom. The summed E-state index contributed by atoms with van der Waals surface area (Å²) in [6, 6.07) is 7.68. The summed E-state index contributed by atoms with van der Waals surface area (Å²) in [7, 11) is 0. The van der Waals surface area contributed by atoms with Crippen LogP contribution in [0, 0.1) is 0 Å². The molecule has 0 radical (unpaired) electrons. The first kappa shape index (κ1) is 14.5. The van der Waals surface area contributed by atoms with E-state index in [1.165, 1.54) is 17.5 Å². The molecule has 1 aromatic carbocycles. The molecular weight excluding hydrogens is 292 g/mol. The Kier molecular flexibility index (Phi) is 4.71.